The maximum absolute atomic E-state index is 13.2. The molecule has 1 aliphatic carbocycles. The molecule has 192 valence electrons. The molecular weight excluding hydrogens is 456 g/mol. The molecule has 2 aromatic rings. The van der Waals surface area contributed by atoms with Gasteiger partial charge in [-0.15, -0.1) is 0 Å². The highest BCUT2D eigenvalue weighted by Gasteiger charge is 2.28. The third-order valence-corrected chi connectivity index (χ3v) is 7.15. The fourth-order valence-corrected chi connectivity index (χ4v) is 4.98. The van der Waals surface area contributed by atoms with Crippen LogP contribution >= 0.6 is 0 Å². The van der Waals surface area contributed by atoms with Crippen LogP contribution in [-0.4, -0.2) is 77.4 Å². The lowest BCUT2D eigenvalue weighted by Crippen LogP contribution is -2.47. The van der Waals surface area contributed by atoms with Crippen LogP contribution in [0, 0.1) is 0 Å². The lowest BCUT2D eigenvalue weighted by atomic mass is 10.00. The van der Waals surface area contributed by atoms with Crippen molar-refractivity contribution in [3.63, 3.8) is 0 Å². The highest BCUT2D eigenvalue weighted by Crippen LogP contribution is 2.45. The summed E-state index contributed by atoms with van der Waals surface area (Å²) in [6.07, 6.45) is 3.28. The minimum atomic E-state index is 0.178. The molecule has 1 aliphatic heterocycles. The van der Waals surface area contributed by atoms with Crippen LogP contribution in [0.2, 0.25) is 0 Å². The Morgan fingerprint density at radius 2 is 1.56 bits per heavy atom. The average molecular weight is 493 g/mol. The minimum absolute atomic E-state index is 0.178. The van der Waals surface area contributed by atoms with Crippen molar-refractivity contribution in [1.29, 1.82) is 0 Å². The molecule has 0 saturated carbocycles. The summed E-state index contributed by atoms with van der Waals surface area (Å²) < 4.78 is 22.0. The van der Waals surface area contributed by atoms with Crippen molar-refractivity contribution in [3.8, 4) is 23.0 Å². The molecule has 2 aliphatic rings. The van der Waals surface area contributed by atoms with E-state index < -0.39 is 0 Å². The normalized spacial score (nSPS) is 16.8. The minimum Gasteiger partial charge on any atom is -0.497 e. The van der Waals surface area contributed by atoms with Gasteiger partial charge in [-0.1, -0.05) is 12.1 Å². The number of fused-ring (bicyclic) bond motifs is 1. The predicted molar refractivity (Wildman–Crippen MR) is 142 cm³/mol. The lowest BCUT2D eigenvalue weighted by molar-refractivity contribution is -0.131. The first-order valence-corrected chi connectivity index (χ1v) is 12.2. The number of carbonyl (C=O) groups excluding carboxylic acids is 1. The zero-order valence-corrected chi connectivity index (χ0v) is 22.1. The fourth-order valence-electron chi connectivity index (χ4n) is 4.98. The summed E-state index contributed by atoms with van der Waals surface area (Å²) in [5.41, 5.74) is 6.59. The van der Waals surface area contributed by atoms with E-state index in [9.17, 15) is 4.79 Å². The number of methoxy groups -OCH3 is 4. The van der Waals surface area contributed by atoms with Gasteiger partial charge in [-0.25, -0.2) is 0 Å². The van der Waals surface area contributed by atoms with Crippen molar-refractivity contribution in [2.24, 2.45) is 0 Å². The number of rotatable bonds is 8. The van der Waals surface area contributed by atoms with E-state index in [-0.39, 0.29) is 5.91 Å². The lowest BCUT2D eigenvalue weighted by Gasteiger charge is -2.32. The van der Waals surface area contributed by atoms with Crippen LogP contribution in [0.25, 0.3) is 11.1 Å². The highest BCUT2D eigenvalue weighted by molar-refractivity contribution is 6.04. The van der Waals surface area contributed by atoms with Crippen LogP contribution < -0.4 is 18.9 Å². The zero-order valence-electron chi connectivity index (χ0n) is 22.1. The molecule has 0 aromatic heterocycles. The second-order valence-corrected chi connectivity index (χ2v) is 9.23. The monoisotopic (exact) mass is 492 g/mol. The summed E-state index contributed by atoms with van der Waals surface area (Å²) in [4.78, 5) is 17.5. The first-order chi connectivity index (χ1) is 17.4. The molecule has 7 nitrogen and oxygen atoms in total. The van der Waals surface area contributed by atoms with Crippen molar-refractivity contribution < 1.29 is 23.7 Å². The quantitative estimate of drug-likeness (QED) is 0.548. The first-order valence-electron chi connectivity index (χ1n) is 12.2. The van der Waals surface area contributed by atoms with Gasteiger partial charge in [-0.05, 0) is 78.1 Å². The number of allylic oxidation sites excluding steroid dienone is 3. The Morgan fingerprint density at radius 3 is 2.14 bits per heavy atom. The molecule has 1 heterocycles. The Morgan fingerprint density at radius 1 is 0.889 bits per heavy atom. The van der Waals surface area contributed by atoms with Gasteiger partial charge in [0.1, 0.15) is 5.75 Å². The van der Waals surface area contributed by atoms with Gasteiger partial charge in [-0.2, -0.15) is 0 Å². The van der Waals surface area contributed by atoms with Gasteiger partial charge in [0, 0.05) is 26.2 Å². The van der Waals surface area contributed by atoms with Crippen molar-refractivity contribution in [1.82, 2.24) is 9.80 Å². The van der Waals surface area contributed by atoms with E-state index in [0.717, 1.165) is 65.3 Å². The van der Waals surface area contributed by atoms with Crippen LogP contribution in [0.1, 0.15) is 30.0 Å². The molecule has 1 fully saturated rings. The average Bonchev–Trinajstić information content (AvgIpc) is 3.16. The van der Waals surface area contributed by atoms with Gasteiger partial charge >= 0.3 is 0 Å². The summed E-state index contributed by atoms with van der Waals surface area (Å²) in [6, 6.07) is 10.1. The first kappa shape index (κ1) is 25.6. The van der Waals surface area contributed by atoms with E-state index in [1.165, 1.54) is 0 Å². The van der Waals surface area contributed by atoms with Gasteiger partial charge in [0.15, 0.2) is 11.5 Å². The Bertz CT molecular complexity index is 1170. The topological polar surface area (TPSA) is 60.5 Å². The van der Waals surface area contributed by atoms with E-state index in [2.05, 4.69) is 31.0 Å². The highest BCUT2D eigenvalue weighted by atomic mass is 16.5. The Labute approximate surface area is 213 Å². The molecule has 2 aromatic carbocycles. The summed E-state index contributed by atoms with van der Waals surface area (Å²) >= 11 is 0. The molecule has 0 unspecified atom stereocenters. The Hall–Kier alpha value is -3.45. The largest absolute Gasteiger partial charge is 0.497 e. The molecule has 0 atom stereocenters. The SMILES string of the molecule is COc1ccc2c(c1)C(CC(=O)N1CCN(C)CC1)=C(C)/C2=C/Cc1cc(OC)c(OC)c(OC)c1. The van der Waals surface area contributed by atoms with E-state index in [1.54, 1.807) is 28.4 Å². The van der Waals surface area contributed by atoms with Crippen LogP contribution in [0.4, 0.5) is 0 Å². The number of carbonyl (C=O) groups is 1. The smallest absolute Gasteiger partial charge is 0.227 e. The predicted octanol–water partition coefficient (Wildman–Crippen LogP) is 4.30. The molecule has 4 rings (SSSR count). The Kier molecular flexibility index (Phi) is 7.89. The zero-order chi connectivity index (χ0) is 25.8. The second kappa shape index (κ2) is 11.1. The fraction of sp³-hybridized carbons (Fsp3) is 0.414. The number of hydrogen-bond donors (Lipinski definition) is 0. The van der Waals surface area contributed by atoms with Crippen molar-refractivity contribution in [3.05, 3.63) is 58.7 Å². The van der Waals surface area contributed by atoms with Crippen LogP contribution in [0.3, 0.4) is 0 Å². The number of nitrogens with zero attached hydrogens (tertiary/aromatic N) is 2. The van der Waals surface area contributed by atoms with Crippen LogP contribution in [-0.2, 0) is 11.2 Å². The summed E-state index contributed by atoms with van der Waals surface area (Å²) in [7, 11) is 8.61. The third-order valence-electron chi connectivity index (χ3n) is 7.15. The second-order valence-electron chi connectivity index (χ2n) is 9.23. The number of hydrogen-bond acceptors (Lipinski definition) is 6. The number of piperazine rings is 1. The molecule has 1 amide bonds. The summed E-state index contributed by atoms with van der Waals surface area (Å²) in [5, 5.41) is 0. The third kappa shape index (κ3) is 5.07. The molecule has 36 heavy (non-hydrogen) atoms. The van der Waals surface area contributed by atoms with E-state index in [1.807, 2.05) is 29.2 Å². The van der Waals surface area contributed by atoms with E-state index >= 15 is 0 Å². The number of ether oxygens (including phenoxy) is 4. The summed E-state index contributed by atoms with van der Waals surface area (Å²) in [5.74, 6) is 2.81. The molecule has 0 N–H and O–H groups in total. The van der Waals surface area contributed by atoms with Crippen molar-refractivity contribution in [2.75, 3.05) is 61.7 Å². The van der Waals surface area contributed by atoms with Crippen molar-refractivity contribution >= 4 is 17.1 Å². The van der Waals surface area contributed by atoms with Crippen molar-refractivity contribution in [2.45, 2.75) is 19.8 Å². The maximum atomic E-state index is 13.2. The van der Waals surface area contributed by atoms with Gasteiger partial charge in [0.2, 0.25) is 11.7 Å². The molecule has 0 bridgehead atoms. The molecule has 1 saturated heterocycles. The van der Waals surface area contributed by atoms with Crippen LogP contribution in [0.15, 0.2) is 42.0 Å². The van der Waals surface area contributed by atoms with Gasteiger partial charge in [0.25, 0.3) is 0 Å². The number of amides is 1. The maximum Gasteiger partial charge on any atom is 0.227 e. The number of benzene rings is 2. The van der Waals surface area contributed by atoms with E-state index in [0.29, 0.717) is 30.1 Å². The van der Waals surface area contributed by atoms with E-state index in [4.69, 9.17) is 18.9 Å². The standard InChI is InChI=1S/C29H36N2O5/c1-19-22(9-7-20-15-26(34-4)29(36-6)27(16-20)35-5)23-10-8-21(33-3)17-25(23)24(19)18-28(32)31-13-11-30(2)12-14-31/h8-10,15-17H,7,11-14,18H2,1-6H3/b22-9-. The van der Waals surface area contributed by atoms with Gasteiger partial charge < -0.3 is 28.7 Å². The summed E-state index contributed by atoms with van der Waals surface area (Å²) in [6.45, 7) is 5.48. The Balaban J connectivity index is 1.67. The molecule has 0 spiro atoms. The molecule has 7 heteroatoms. The number of likely N-dealkylation sites (N-methyl/N-ethyl adjacent to an activating group) is 1. The van der Waals surface area contributed by atoms with Gasteiger partial charge in [0.05, 0.1) is 34.9 Å². The molecular formula is C29H36N2O5. The molecule has 0 radical (unpaired) electrons. The van der Waals surface area contributed by atoms with Gasteiger partial charge in [-0.3, -0.25) is 4.79 Å². The van der Waals surface area contributed by atoms with Crippen LogP contribution in [0.5, 0.6) is 23.0 Å².